The minimum absolute atomic E-state index is 0.0344. The Labute approximate surface area is 164 Å². The molecule has 1 aromatic heterocycles. The van der Waals surface area contributed by atoms with Gasteiger partial charge in [-0.3, -0.25) is 9.89 Å². The van der Waals surface area contributed by atoms with E-state index in [1.54, 1.807) is 7.11 Å². The van der Waals surface area contributed by atoms with Crippen molar-refractivity contribution >= 4 is 11.7 Å². The largest absolute Gasteiger partial charge is 0.497 e. The zero-order valence-corrected chi connectivity index (χ0v) is 15.9. The van der Waals surface area contributed by atoms with Gasteiger partial charge in [0.05, 0.1) is 19.2 Å². The van der Waals surface area contributed by atoms with E-state index in [-0.39, 0.29) is 11.9 Å². The third-order valence-corrected chi connectivity index (χ3v) is 5.03. The van der Waals surface area contributed by atoms with Crippen molar-refractivity contribution < 1.29 is 9.53 Å². The van der Waals surface area contributed by atoms with Crippen LogP contribution < -0.4 is 15.0 Å². The van der Waals surface area contributed by atoms with E-state index in [1.165, 1.54) is 0 Å². The summed E-state index contributed by atoms with van der Waals surface area (Å²) in [6, 6.07) is 20.0. The molecule has 1 fully saturated rings. The molecule has 1 aliphatic heterocycles. The first-order valence-corrected chi connectivity index (χ1v) is 9.49. The Morgan fingerprint density at radius 3 is 2.89 bits per heavy atom. The number of anilines is 1. The summed E-state index contributed by atoms with van der Waals surface area (Å²) in [7, 11) is 1.63. The summed E-state index contributed by atoms with van der Waals surface area (Å²) in [5, 5.41) is 10.7. The highest BCUT2D eigenvalue weighted by molar-refractivity contribution is 5.79. The van der Waals surface area contributed by atoms with Crippen LogP contribution in [-0.2, 0) is 11.2 Å². The molecule has 0 saturated carbocycles. The van der Waals surface area contributed by atoms with Crippen LogP contribution in [0.25, 0.3) is 11.3 Å². The lowest BCUT2D eigenvalue weighted by molar-refractivity contribution is -0.121. The number of methoxy groups -OCH3 is 1. The number of aromatic nitrogens is 2. The summed E-state index contributed by atoms with van der Waals surface area (Å²) in [4.78, 5) is 14.6. The number of amides is 1. The van der Waals surface area contributed by atoms with Crippen molar-refractivity contribution in [3.05, 3.63) is 66.2 Å². The first-order chi connectivity index (χ1) is 13.7. The van der Waals surface area contributed by atoms with E-state index in [9.17, 15) is 4.79 Å². The van der Waals surface area contributed by atoms with Crippen LogP contribution in [0.1, 0.15) is 12.0 Å². The number of carbonyl (C=O) groups is 1. The van der Waals surface area contributed by atoms with Gasteiger partial charge in [0.1, 0.15) is 5.75 Å². The summed E-state index contributed by atoms with van der Waals surface area (Å²) >= 11 is 0. The smallest absolute Gasteiger partial charge is 0.224 e. The number of H-pyrrole nitrogens is 1. The second kappa shape index (κ2) is 8.17. The predicted molar refractivity (Wildman–Crippen MR) is 109 cm³/mol. The maximum absolute atomic E-state index is 12.4. The SMILES string of the molecule is COc1cccc(CC(=O)NC2CCN(c3cc(-c4ccccc4)[nH]n3)C2)c1. The number of carbonyl (C=O) groups excluding carboxylic acids is 1. The number of benzene rings is 2. The summed E-state index contributed by atoms with van der Waals surface area (Å²) in [6.45, 7) is 1.64. The highest BCUT2D eigenvalue weighted by Crippen LogP contribution is 2.24. The zero-order valence-electron chi connectivity index (χ0n) is 15.9. The quantitative estimate of drug-likeness (QED) is 0.694. The van der Waals surface area contributed by atoms with Crippen LogP contribution in [0, 0.1) is 0 Å². The van der Waals surface area contributed by atoms with Crippen molar-refractivity contribution in [1.29, 1.82) is 0 Å². The van der Waals surface area contributed by atoms with Crippen molar-refractivity contribution in [3.63, 3.8) is 0 Å². The Kier molecular flexibility index (Phi) is 5.28. The molecule has 144 valence electrons. The second-order valence-electron chi connectivity index (χ2n) is 7.03. The monoisotopic (exact) mass is 376 g/mol. The van der Waals surface area contributed by atoms with E-state index in [1.807, 2.05) is 42.5 Å². The summed E-state index contributed by atoms with van der Waals surface area (Å²) in [5.41, 5.74) is 3.07. The number of nitrogens with one attached hydrogen (secondary N) is 2. The van der Waals surface area contributed by atoms with Gasteiger partial charge in [0.25, 0.3) is 0 Å². The van der Waals surface area contributed by atoms with Crippen LogP contribution in [0.4, 0.5) is 5.82 Å². The summed E-state index contributed by atoms with van der Waals surface area (Å²) in [6.07, 6.45) is 1.27. The fourth-order valence-electron chi connectivity index (χ4n) is 3.57. The van der Waals surface area contributed by atoms with Crippen molar-refractivity contribution in [2.45, 2.75) is 18.9 Å². The number of hydrogen-bond donors (Lipinski definition) is 2. The molecule has 1 unspecified atom stereocenters. The Bertz CT molecular complexity index is 938. The van der Waals surface area contributed by atoms with Crippen molar-refractivity contribution in [1.82, 2.24) is 15.5 Å². The maximum Gasteiger partial charge on any atom is 0.224 e. The molecular formula is C22H24N4O2. The first kappa shape index (κ1) is 18.1. The standard InChI is InChI=1S/C22H24N4O2/c1-28-19-9-5-6-16(12-19)13-22(27)23-18-10-11-26(15-18)21-14-20(24-25-21)17-7-3-2-4-8-17/h2-9,12,14,18H,10-11,13,15H2,1H3,(H,23,27)(H,24,25). The van der Waals surface area contributed by atoms with Gasteiger partial charge in [-0.05, 0) is 29.7 Å². The summed E-state index contributed by atoms with van der Waals surface area (Å²) in [5.74, 6) is 1.72. The Balaban J connectivity index is 1.33. The molecule has 6 nitrogen and oxygen atoms in total. The van der Waals surface area contributed by atoms with E-state index >= 15 is 0 Å². The van der Waals surface area contributed by atoms with Crippen molar-refractivity contribution in [2.75, 3.05) is 25.1 Å². The number of rotatable bonds is 6. The minimum Gasteiger partial charge on any atom is -0.497 e. The normalized spacial score (nSPS) is 16.2. The lowest BCUT2D eigenvalue weighted by Crippen LogP contribution is -2.38. The number of hydrogen-bond acceptors (Lipinski definition) is 4. The summed E-state index contributed by atoms with van der Waals surface area (Å²) < 4.78 is 5.22. The van der Waals surface area contributed by atoms with Crippen LogP contribution >= 0.6 is 0 Å². The fraction of sp³-hybridized carbons (Fsp3) is 0.273. The molecule has 1 saturated heterocycles. The van der Waals surface area contributed by atoms with Crippen molar-refractivity contribution in [2.24, 2.45) is 0 Å². The van der Waals surface area contributed by atoms with E-state index in [0.717, 1.165) is 47.9 Å². The molecule has 0 radical (unpaired) electrons. The number of nitrogens with zero attached hydrogens (tertiary/aromatic N) is 2. The topological polar surface area (TPSA) is 70.2 Å². The highest BCUT2D eigenvalue weighted by atomic mass is 16.5. The van der Waals surface area contributed by atoms with Gasteiger partial charge in [0, 0.05) is 25.2 Å². The van der Waals surface area contributed by atoms with E-state index in [2.05, 4.69) is 38.6 Å². The van der Waals surface area contributed by atoms with Crippen LogP contribution in [-0.4, -0.2) is 42.3 Å². The molecule has 0 aliphatic carbocycles. The van der Waals surface area contributed by atoms with Crippen molar-refractivity contribution in [3.8, 4) is 17.0 Å². The van der Waals surface area contributed by atoms with Crippen LogP contribution in [0.3, 0.4) is 0 Å². The lowest BCUT2D eigenvalue weighted by atomic mass is 10.1. The van der Waals surface area contributed by atoms with Gasteiger partial charge in [-0.1, -0.05) is 42.5 Å². The molecule has 2 aromatic carbocycles. The van der Waals surface area contributed by atoms with Gasteiger partial charge in [0.15, 0.2) is 5.82 Å². The molecule has 0 bridgehead atoms. The minimum atomic E-state index is 0.0344. The second-order valence-corrected chi connectivity index (χ2v) is 7.03. The predicted octanol–water partition coefficient (Wildman–Crippen LogP) is 3.02. The molecule has 0 spiro atoms. The highest BCUT2D eigenvalue weighted by Gasteiger charge is 2.25. The number of ether oxygens (including phenoxy) is 1. The van der Waals surface area contributed by atoms with E-state index in [4.69, 9.17) is 4.74 Å². The molecule has 2 N–H and O–H groups in total. The van der Waals surface area contributed by atoms with Gasteiger partial charge >= 0.3 is 0 Å². The molecular weight excluding hydrogens is 352 g/mol. The fourth-order valence-corrected chi connectivity index (χ4v) is 3.57. The van der Waals surface area contributed by atoms with Gasteiger partial charge in [0.2, 0.25) is 5.91 Å². The van der Waals surface area contributed by atoms with Crippen LogP contribution in [0.15, 0.2) is 60.7 Å². The molecule has 1 atom stereocenters. The van der Waals surface area contributed by atoms with Gasteiger partial charge in [-0.25, -0.2) is 0 Å². The molecule has 2 heterocycles. The van der Waals surface area contributed by atoms with Crippen LogP contribution in [0.2, 0.25) is 0 Å². The molecule has 6 heteroatoms. The molecule has 1 amide bonds. The average molecular weight is 376 g/mol. The van der Waals surface area contributed by atoms with Crippen LogP contribution in [0.5, 0.6) is 5.75 Å². The van der Waals surface area contributed by atoms with Gasteiger partial charge in [-0.2, -0.15) is 5.10 Å². The molecule has 28 heavy (non-hydrogen) atoms. The number of aromatic amines is 1. The molecule has 4 rings (SSSR count). The van der Waals surface area contributed by atoms with E-state index < -0.39 is 0 Å². The Morgan fingerprint density at radius 2 is 2.07 bits per heavy atom. The Hall–Kier alpha value is -3.28. The first-order valence-electron chi connectivity index (χ1n) is 9.49. The molecule has 3 aromatic rings. The third-order valence-electron chi connectivity index (χ3n) is 5.03. The Morgan fingerprint density at radius 1 is 1.21 bits per heavy atom. The maximum atomic E-state index is 12.4. The lowest BCUT2D eigenvalue weighted by Gasteiger charge is -2.16. The van der Waals surface area contributed by atoms with Gasteiger partial charge in [-0.15, -0.1) is 0 Å². The van der Waals surface area contributed by atoms with Gasteiger partial charge < -0.3 is 15.0 Å². The third kappa shape index (κ3) is 4.17. The van der Waals surface area contributed by atoms with E-state index in [0.29, 0.717) is 6.42 Å². The zero-order chi connectivity index (χ0) is 19.3. The average Bonchev–Trinajstić information content (AvgIpc) is 3.38. The molecule has 1 aliphatic rings.